The number of carbonyl (C=O) groups is 1. The number of aromatic nitrogens is 3. The minimum atomic E-state index is 0.152. The molecule has 7 nitrogen and oxygen atoms in total. The van der Waals surface area contributed by atoms with Gasteiger partial charge < -0.3 is 19.1 Å². The van der Waals surface area contributed by atoms with E-state index >= 15 is 0 Å². The highest BCUT2D eigenvalue weighted by Gasteiger charge is 2.22. The molecular weight excluding hydrogens is 422 g/mol. The Morgan fingerprint density at radius 1 is 1.00 bits per heavy atom. The maximum atomic E-state index is 12.8. The van der Waals surface area contributed by atoms with E-state index in [1.54, 1.807) is 7.11 Å². The molecule has 1 aromatic heterocycles. The van der Waals surface area contributed by atoms with Crippen LogP contribution < -0.4 is 4.74 Å². The van der Waals surface area contributed by atoms with Crippen molar-refractivity contribution in [2.24, 2.45) is 0 Å². The van der Waals surface area contributed by atoms with Crippen LogP contribution in [0, 0.1) is 0 Å². The number of para-hydroxylation sites is 1. The van der Waals surface area contributed by atoms with E-state index in [4.69, 9.17) is 4.74 Å². The van der Waals surface area contributed by atoms with Crippen LogP contribution in [-0.4, -0.2) is 76.6 Å². The summed E-state index contributed by atoms with van der Waals surface area (Å²) in [5.74, 6) is 2.03. The van der Waals surface area contributed by atoms with Gasteiger partial charge in [-0.15, -0.1) is 10.2 Å². The third-order valence-electron chi connectivity index (χ3n) is 5.71. The molecule has 32 heavy (non-hydrogen) atoms. The van der Waals surface area contributed by atoms with Gasteiger partial charge in [0.2, 0.25) is 5.91 Å². The largest absolute Gasteiger partial charge is 0.496 e. The minimum absolute atomic E-state index is 0.152. The molecule has 1 aliphatic heterocycles. The predicted octanol–water partition coefficient (Wildman–Crippen LogP) is 3.06. The number of thioether (sulfide) groups is 1. The predicted molar refractivity (Wildman–Crippen MR) is 127 cm³/mol. The molecule has 0 N–H and O–H groups in total. The molecule has 1 fully saturated rings. The number of rotatable bonds is 8. The fourth-order valence-electron chi connectivity index (χ4n) is 3.78. The maximum Gasteiger partial charge on any atom is 0.233 e. The third-order valence-corrected chi connectivity index (χ3v) is 6.66. The van der Waals surface area contributed by atoms with Gasteiger partial charge in [-0.25, -0.2) is 0 Å². The molecule has 1 aliphatic rings. The number of likely N-dealkylation sites (N-methyl/N-ethyl adjacent to an activating group) is 1. The van der Waals surface area contributed by atoms with Crippen molar-refractivity contribution in [3.8, 4) is 17.1 Å². The summed E-state index contributed by atoms with van der Waals surface area (Å²) in [7, 11) is 3.75. The fourth-order valence-corrected chi connectivity index (χ4v) is 4.65. The van der Waals surface area contributed by atoms with Crippen LogP contribution >= 0.6 is 11.8 Å². The number of amides is 1. The Morgan fingerprint density at radius 3 is 2.47 bits per heavy atom. The molecule has 0 aliphatic carbocycles. The summed E-state index contributed by atoms with van der Waals surface area (Å²) >= 11 is 1.46. The first-order valence-electron chi connectivity index (χ1n) is 10.9. The number of carbonyl (C=O) groups excluding carboxylic acids is 1. The molecule has 3 aromatic rings. The monoisotopic (exact) mass is 451 g/mol. The van der Waals surface area contributed by atoms with Gasteiger partial charge in [0.25, 0.3) is 0 Å². The Balaban J connectivity index is 1.54. The second-order valence-corrected chi connectivity index (χ2v) is 8.81. The molecule has 8 heteroatoms. The third kappa shape index (κ3) is 5.31. The van der Waals surface area contributed by atoms with Crippen LogP contribution in [0.1, 0.15) is 5.56 Å². The molecular formula is C24H29N5O2S. The van der Waals surface area contributed by atoms with Gasteiger partial charge in [0.15, 0.2) is 11.0 Å². The maximum absolute atomic E-state index is 12.8. The molecule has 0 saturated carbocycles. The summed E-state index contributed by atoms with van der Waals surface area (Å²) in [5, 5.41) is 9.69. The zero-order valence-corrected chi connectivity index (χ0v) is 19.4. The molecule has 0 bridgehead atoms. The first-order valence-corrected chi connectivity index (χ1v) is 11.8. The number of benzene rings is 2. The topological polar surface area (TPSA) is 63.5 Å². The number of methoxy groups -OCH3 is 1. The SMILES string of the molecule is COc1ccccc1-c1nnc(SCC(=O)N2CCN(C)CC2)n1CCc1ccccc1. The summed E-state index contributed by atoms with van der Waals surface area (Å²) < 4.78 is 7.66. The van der Waals surface area contributed by atoms with Gasteiger partial charge in [0.05, 0.1) is 18.4 Å². The smallest absolute Gasteiger partial charge is 0.233 e. The standard InChI is InChI=1S/C24H29N5O2S/c1-27-14-16-28(17-15-27)22(30)18-32-24-26-25-23(20-10-6-7-11-21(20)31-2)29(24)13-12-19-8-4-3-5-9-19/h3-11H,12-18H2,1-2H3. The van der Waals surface area contributed by atoms with Gasteiger partial charge in [-0.3, -0.25) is 4.79 Å². The van der Waals surface area contributed by atoms with E-state index in [0.717, 1.165) is 61.4 Å². The summed E-state index contributed by atoms with van der Waals surface area (Å²) in [5.41, 5.74) is 2.14. The van der Waals surface area contributed by atoms with Crippen molar-refractivity contribution in [3.63, 3.8) is 0 Å². The second kappa shape index (κ2) is 10.7. The van der Waals surface area contributed by atoms with Crippen molar-refractivity contribution in [1.29, 1.82) is 0 Å². The summed E-state index contributed by atoms with van der Waals surface area (Å²) in [6.45, 7) is 4.12. The molecule has 1 amide bonds. The van der Waals surface area contributed by atoms with Crippen LogP contribution in [0.5, 0.6) is 5.75 Å². The number of piperazine rings is 1. The van der Waals surface area contributed by atoms with Gasteiger partial charge in [0, 0.05) is 32.7 Å². The van der Waals surface area contributed by atoms with Crippen LogP contribution in [0.15, 0.2) is 59.8 Å². The number of hydrogen-bond donors (Lipinski definition) is 0. The van der Waals surface area contributed by atoms with Crippen molar-refractivity contribution in [3.05, 3.63) is 60.2 Å². The zero-order chi connectivity index (χ0) is 22.3. The first-order chi connectivity index (χ1) is 15.7. The first kappa shape index (κ1) is 22.4. The molecule has 2 heterocycles. The normalized spacial score (nSPS) is 14.5. The Labute approximate surface area is 193 Å². The fraction of sp³-hybridized carbons (Fsp3) is 0.375. The number of ether oxygens (including phenoxy) is 1. The average molecular weight is 452 g/mol. The van der Waals surface area contributed by atoms with E-state index in [9.17, 15) is 4.79 Å². The van der Waals surface area contributed by atoms with Gasteiger partial charge in [-0.1, -0.05) is 54.2 Å². The number of nitrogens with zero attached hydrogens (tertiary/aromatic N) is 5. The van der Waals surface area contributed by atoms with Gasteiger partial charge in [-0.05, 0) is 31.2 Å². The van der Waals surface area contributed by atoms with Crippen LogP contribution in [0.2, 0.25) is 0 Å². The second-order valence-electron chi connectivity index (χ2n) is 7.87. The highest BCUT2D eigenvalue weighted by atomic mass is 32.2. The number of hydrogen-bond acceptors (Lipinski definition) is 6. The Kier molecular flexibility index (Phi) is 7.44. The lowest BCUT2D eigenvalue weighted by molar-refractivity contribution is -0.129. The summed E-state index contributed by atoms with van der Waals surface area (Å²) in [6, 6.07) is 18.2. The summed E-state index contributed by atoms with van der Waals surface area (Å²) in [6.07, 6.45) is 0.848. The Hall–Kier alpha value is -2.84. The van der Waals surface area contributed by atoms with E-state index in [2.05, 4.69) is 38.8 Å². The van der Waals surface area contributed by atoms with Crippen molar-refractivity contribution in [2.45, 2.75) is 18.1 Å². The van der Waals surface area contributed by atoms with Crippen LogP contribution in [0.25, 0.3) is 11.4 Å². The van der Waals surface area contributed by atoms with Gasteiger partial charge in [0.1, 0.15) is 5.75 Å². The molecule has 0 unspecified atom stereocenters. The van der Waals surface area contributed by atoms with E-state index in [1.165, 1.54) is 17.3 Å². The summed E-state index contributed by atoms with van der Waals surface area (Å²) in [4.78, 5) is 16.9. The van der Waals surface area contributed by atoms with E-state index in [0.29, 0.717) is 5.75 Å². The molecule has 2 aromatic carbocycles. The van der Waals surface area contributed by atoms with E-state index < -0.39 is 0 Å². The molecule has 168 valence electrons. The molecule has 1 saturated heterocycles. The highest BCUT2D eigenvalue weighted by Crippen LogP contribution is 2.31. The van der Waals surface area contributed by atoms with Crippen molar-refractivity contribution < 1.29 is 9.53 Å². The highest BCUT2D eigenvalue weighted by molar-refractivity contribution is 7.99. The lowest BCUT2D eigenvalue weighted by atomic mass is 10.1. The van der Waals surface area contributed by atoms with Crippen molar-refractivity contribution in [2.75, 3.05) is 46.1 Å². The van der Waals surface area contributed by atoms with Crippen LogP contribution in [0.3, 0.4) is 0 Å². The lowest BCUT2D eigenvalue weighted by Gasteiger charge is -2.32. The molecule has 0 spiro atoms. The number of aryl methyl sites for hydroxylation is 1. The Bertz CT molecular complexity index is 1030. The van der Waals surface area contributed by atoms with Gasteiger partial charge in [-0.2, -0.15) is 0 Å². The van der Waals surface area contributed by atoms with Crippen molar-refractivity contribution >= 4 is 17.7 Å². The van der Waals surface area contributed by atoms with E-state index in [1.807, 2.05) is 47.4 Å². The molecule has 0 atom stereocenters. The molecule has 4 rings (SSSR count). The lowest BCUT2D eigenvalue weighted by Crippen LogP contribution is -2.47. The van der Waals surface area contributed by atoms with Crippen LogP contribution in [0.4, 0.5) is 0 Å². The van der Waals surface area contributed by atoms with Crippen LogP contribution in [-0.2, 0) is 17.8 Å². The quantitative estimate of drug-likeness (QED) is 0.491. The van der Waals surface area contributed by atoms with Crippen molar-refractivity contribution in [1.82, 2.24) is 24.6 Å². The molecule has 0 radical (unpaired) electrons. The minimum Gasteiger partial charge on any atom is -0.496 e. The van der Waals surface area contributed by atoms with E-state index in [-0.39, 0.29) is 5.91 Å². The zero-order valence-electron chi connectivity index (χ0n) is 18.6. The average Bonchev–Trinajstić information content (AvgIpc) is 3.24. The Morgan fingerprint density at radius 2 is 1.72 bits per heavy atom. The van der Waals surface area contributed by atoms with Gasteiger partial charge >= 0.3 is 0 Å².